The zero-order valence-electron chi connectivity index (χ0n) is 6.53. The van der Waals surface area contributed by atoms with Crippen molar-refractivity contribution in [1.29, 1.82) is 0 Å². The van der Waals surface area contributed by atoms with Gasteiger partial charge in [0.1, 0.15) is 5.82 Å². The van der Waals surface area contributed by atoms with E-state index >= 15 is 0 Å². The molecule has 1 aromatic rings. The topological polar surface area (TPSA) is 0 Å². The first kappa shape index (κ1) is 10.1. The van der Waals surface area contributed by atoms with Crippen LogP contribution in [0, 0.1) is 5.82 Å². The molecule has 0 radical (unpaired) electrons. The predicted molar refractivity (Wildman–Crippen MR) is 62.0 cm³/mol. The van der Waals surface area contributed by atoms with Crippen molar-refractivity contribution >= 4 is 47.8 Å². The smallest absolute Gasteiger partial charge is 0.124 e. The van der Waals surface area contributed by atoms with E-state index in [2.05, 4.69) is 47.8 Å². The third-order valence-corrected chi connectivity index (χ3v) is 4.60. The van der Waals surface area contributed by atoms with Gasteiger partial charge in [-0.3, -0.25) is 0 Å². The van der Waals surface area contributed by atoms with Gasteiger partial charge in [0.05, 0.1) is 3.23 Å². The minimum Gasteiger partial charge on any atom is -0.207 e. The SMILES string of the molecule is Fc1ccc(C2CC2(Br)Br)c(Br)c1. The molecule has 2 rings (SSSR count). The van der Waals surface area contributed by atoms with Gasteiger partial charge in [0, 0.05) is 10.4 Å². The molecular formula is C9H6Br3F. The lowest BCUT2D eigenvalue weighted by Crippen LogP contribution is -1.90. The summed E-state index contributed by atoms with van der Waals surface area (Å²) >= 11 is 10.4. The van der Waals surface area contributed by atoms with Gasteiger partial charge >= 0.3 is 0 Å². The lowest BCUT2D eigenvalue weighted by atomic mass is 10.1. The van der Waals surface area contributed by atoms with E-state index in [0.717, 1.165) is 16.5 Å². The molecule has 0 saturated heterocycles. The molecule has 4 heteroatoms. The molecule has 1 fully saturated rings. The summed E-state index contributed by atoms with van der Waals surface area (Å²) in [4.78, 5) is 0. The first-order chi connectivity index (χ1) is 6.00. The molecule has 0 aromatic heterocycles. The van der Waals surface area contributed by atoms with E-state index in [9.17, 15) is 4.39 Å². The van der Waals surface area contributed by atoms with E-state index in [1.54, 1.807) is 0 Å². The number of benzene rings is 1. The van der Waals surface area contributed by atoms with Gasteiger partial charge in [-0.2, -0.15) is 0 Å². The number of hydrogen-bond acceptors (Lipinski definition) is 0. The van der Waals surface area contributed by atoms with E-state index < -0.39 is 0 Å². The van der Waals surface area contributed by atoms with Gasteiger partial charge < -0.3 is 0 Å². The summed E-state index contributed by atoms with van der Waals surface area (Å²) < 4.78 is 13.6. The van der Waals surface area contributed by atoms with Gasteiger partial charge in [-0.05, 0) is 24.1 Å². The fourth-order valence-electron chi connectivity index (χ4n) is 1.33. The highest BCUT2D eigenvalue weighted by atomic mass is 79.9. The van der Waals surface area contributed by atoms with Crippen LogP contribution in [0.1, 0.15) is 17.9 Å². The molecule has 1 aliphatic rings. The Morgan fingerprint density at radius 2 is 2.00 bits per heavy atom. The van der Waals surface area contributed by atoms with Crippen LogP contribution in [0.4, 0.5) is 4.39 Å². The van der Waals surface area contributed by atoms with Gasteiger partial charge in [-0.25, -0.2) is 4.39 Å². The molecular weight excluding hydrogens is 367 g/mol. The van der Waals surface area contributed by atoms with E-state index in [1.807, 2.05) is 6.07 Å². The number of alkyl halides is 2. The average molecular weight is 373 g/mol. The summed E-state index contributed by atoms with van der Waals surface area (Å²) in [6.07, 6.45) is 1.04. The molecule has 13 heavy (non-hydrogen) atoms. The Bertz CT molecular complexity index is 349. The Kier molecular flexibility index (Phi) is 2.58. The lowest BCUT2D eigenvalue weighted by Gasteiger charge is -2.04. The van der Waals surface area contributed by atoms with Crippen LogP contribution in [0.25, 0.3) is 0 Å². The van der Waals surface area contributed by atoms with Crippen LogP contribution in [0.3, 0.4) is 0 Å². The van der Waals surface area contributed by atoms with Crippen LogP contribution in [-0.2, 0) is 0 Å². The van der Waals surface area contributed by atoms with Crippen LogP contribution in [0.2, 0.25) is 0 Å². The van der Waals surface area contributed by atoms with Crippen LogP contribution < -0.4 is 0 Å². The largest absolute Gasteiger partial charge is 0.207 e. The Hall–Kier alpha value is 0.590. The van der Waals surface area contributed by atoms with Crippen molar-refractivity contribution in [2.24, 2.45) is 0 Å². The minimum absolute atomic E-state index is 0.0281. The third kappa shape index (κ3) is 2.00. The molecule has 1 saturated carbocycles. The van der Waals surface area contributed by atoms with Crippen molar-refractivity contribution in [2.45, 2.75) is 15.6 Å². The average Bonchev–Trinajstić information content (AvgIpc) is 2.59. The summed E-state index contributed by atoms with van der Waals surface area (Å²) in [5.41, 5.74) is 1.15. The molecule has 1 atom stereocenters. The maximum Gasteiger partial charge on any atom is 0.124 e. The molecule has 70 valence electrons. The fourth-order valence-corrected chi connectivity index (χ4v) is 3.10. The second kappa shape index (κ2) is 3.31. The highest BCUT2D eigenvalue weighted by molar-refractivity contribution is 9.25. The number of hydrogen-bond donors (Lipinski definition) is 0. The van der Waals surface area contributed by atoms with Gasteiger partial charge in [-0.1, -0.05) is 53.9 Å². The molecule has 0 N–H and O–H groups in total. The second-order valence-electron chi connectivity index (χ2n) is 3.18. The van der Waals surface area contributed by atoms with Gasteiger partial charge in [0.25, 0.3) is 0 Å². The highest BCUT2D eigenvalue weighted by Gasteiger charge is 2.51. The summed E-state index contributed by atoms with van der Waals surface area (Å²) in [5, 5.41) is 0. The summed E-state index contributed by atoms with van der Waals surface area (Å²) in [6.45, 7) is 0. The zero-order chi connectivity index (χ0) is 9.64. The van der Waals surface area contributed by atoms with E-state index in [0.29, 0.717) is 5.92 Å². The van der Waals surface area contributed by atoms with Crippen molar-refractivity contribution in [1.82, 2.24) is 0 Å². The van der Waals surface area contributed by atoms with Crippen LogP contribution in [0.5, 0.6) is 0 Å². The maximum atomic E-state index is 12.8. The van der Waals surface area contributed by atoms with Crippen molar-refractivity contribution in [2.75, 3.05) is 0 Å². The van der Waals surface area contributed by atoms with Gasteiger partial charge in [0.2, 0.25) is 0 Å². The van der Waals surface area contributed by atoms with Crippen molar-refractivity contribution < 1.29 is 4.39 Å². The quantitative estimate of drug-likeness (QED) is 0.634. The lowest BCUT2D eigenvalue weighted by molar-refractivity contribution is 0.626. The van der Waals surface area contributed by atoms with Crippen molar-refractivity contribution in [3.05, 3.63) is 34.1 Å². The molecule has 0 spiro atoms. The predicted octanol–water partition coefficient (Wildman–Crippen LogP) is 4.56. The fraction of sp³-hybridized carbons (Fsp3) is 0.333. The van der Waals surface area contributed by atoms with Crippen LogP contribution in [0.15, 0.2) is 22.7 Å². The maximum absolute atomic E-state index is 12.8. The highest BCUT2D eigenvalue weighted by Crippen LogP contribution is 2.63. The van der Waals surface area contributed by atoms with Crippen LogP contribution in [-0.4, -0.2) is 3.23 Å². The molecule has 0 heterocycles. The summed E-state index contributed by atoms with van der Waals surface area (Å²) in [6, 6.07) is 4.83. The number of halogens is 4. The van der Waals surface area contributed by atoms with E-state index in [4.69, 9.17) is 0 Å². The Morgan fingerprint density at radius 3 is 2.46 bits per heavy atom. The first-order valence-corrected chi connectivity index (χ1v) is 6.21. The Labute approximate surface area is 101 Å². The molecule has 0 amide bonds. The van der Waals surface area contributed by atoms with Gasteiger partial charge in [-0.15, -0.1) is 0 Å². The molecule has 0 bridgehead atoms. The van der Waals surface area contributed by atoms with Gasteiger partial charge in [0.15, 0.2) is 0 Å². The first-order valence-electron chi connectivity index (χ1n) is 3.83. The number of rotatable bonds is 1. The normalized spacial score (nSPS) is 24.5. The zero-order valence-corrected chi connectivity index (χ0v) is 11.3. The van der Waals surface area contributed by atoms with Crippen LogP contribution >= 0.6 is 47.8 Å². The van der Waals surface area contributed by atoms with E-state index in [1.165, 1.54) is 12.1 Å². The summed E-state index contributed by atoms with van der Waals surface area (Å²) in [5.74, 6) is 0.230. The molecule has 0 nitrogen and oxygen atoms in total. The summed E-state index contributed by atoms with van der Waals surface area (Å²) in [7, 11) is 0. The Balaban J connectivity index is 2.33. The van der Waals surface area contributed by atoms with Crippen molar-refractivity contribution in [3.63, 3.8) is 0 Å². The molecule has 1 aromatic carbocycles. The standard InChI is InChI=1S/C9H6Br3F/c10-8-3-5(13)1-2-6(8)7-4-9(7,11)12/h1-3,7H,4H2. The van der Waals surface area contributed by atoms with Crippen molar-refractivity contribution in [3.8, 4) is 0 Å². The minimum atomic E-state index is -0.203. The third-order valence-electron chi connectivity index (χ3n) is 2.16. The monoisotopic (exact) mass is 370 g/mol. The second-order valence-corrected chi connectivity index (χ2v) is 7.93. The molecule has 1 aliphatic carbocycles. The molecule has 0 aliphatic heterocycles. The van der Waals surface area contributed by atoms with E-state index in [-0.39, 0.29) is 9.05 Å². The Morgan fingerprint density at radius 1 is 1.38 bits per heavy atom. The molecule has 1 unspecified atom stereocenters.